The number of likely N-dealkylation sites (tertiary alicyclic amines) is 1. The second-order valence-corrected chi connectivity index (χ2v) is 7.12. The summed E-state index contributed by atoms with van der Waals surface area (Å²) in [6, 6.07) is 11.3. The number of amides is 1. The second-order valence-electron chi connectivity index (χ2n) is 7.12. The molecule has 0 aromatic heterocycles. The van der Waals surface area contributed by atoms with Crippen molar-refractivity contribution in [1.29, 1.82) is 0 Å². The molecular formula is C18H29N3O. The Morgan fingerprint density at radius 1 is 1.36 bits per heavy atom. The number of nitrogens with two attached hydrogens (primary N) is 1. The van der Waals surface area contributed by atoms with Crippen molar-refractivity contribution in [3.8, 4) is 0 Å². The summed E-state index contributed by atoms with van der Waals surface area (Å²) in [5, 5.41) is 0. The summed E-state index contributed by atoms with van der Waals surface area (Å²) in [4.78, 5) is 16.7. The van der Waals surface area contributed by atoms with Crippen molar-refractivity contribution in [2.45, 2.75) is 57.8 Å². The largest absolute Gasteiger partial charge is 0.341 e. The van der Waals surface area contributed by atoms with Crippen molar-refractivity contribution in [3.63, 3.8) is 0 Å². The molecule has 0 radical (unpaired) electrons. The number of nitrogens with zero attached hydrogens (tertiary/aromatic N) is 2. The van der Waals surface area contributed by atoms with Crippen LogP contribution in [-0.4, -0.2) is 46.9 Å². The van der Waals surface area contributed by atoms with E-state index in [1.165, 1.54) is 5.56 Å². The maximum atomic E-state index is 12.3. The van der Waals surface area contributed by atoms with E-state index < -0.39 is 5.54 Å². The van der Waals surface area contributed by atoms with Gasteiger partial charge in [-0.1, -0.05) is 30.3 Å². The van der Waals surface area contributed by atoms with Gasteiger partial charge in [0.15, 0.2) is 0 Å². The molecule has 22 heavy (non-hydrogen) atoms. The van der Waals surface area contributed by atoms with Crippen molar-refractivity contribution < 1.29 is 4.79 Å². The predicted octanol–water partition coefficient (Wildman–Crippen LogP) is 2.24. The lowest BCUT2D eigenvalue weighted by Gasteiger charge is -2.42. The molecule has 0 spiro atoms. The van der Waals surface area contributed by atoms with Gasteiger partial charge in [0, 0.05) is 32.2 Å². The minimum atomic E-state index is -0.792. The molecule has 0 bridgehead atoms. The summed E-state index contributed by atoms with van der Waals surface area (Å²) in [7, 11) is 1.89. The third kappa shape index (κ3) is 4.08. The molecule has 1 heterocycles. The summed E-state index contributed by atoms with van der Waals surface area (Å²) in [5.74, 6) is 0.0289. The van der Waals surface area contributed by atoms with E-state index in [2.05, 4.69) is 36.1 Å². The molecule has 0 aliphatic carbocycles. The molecule has 2 rings (SSSR count). The van der Waals surface area contributed by atoms with Crippen LogP contribution in [0.15, 0.2) is 30.3 Å². The SMILES string of the molecule is C[C@H]1C[C@H](N(C)C(=O)C(C)(C)N)CCN1Cc1ccccc1. The number of carbonyl (C=O) groups excluding carboxylic acids is 1. The normalized spacial score (nSPS) is 23.3. The summed E-state index contributed by atoms with van der Waals surface area (Å²) in [5.41, 5.74) is 6.50. The van der Waals surface area contributed by atoms with E-state index in [-0.39, 0.29) is 11.9 Å². The van der Waals surface area contributed by atoms with Gasteiger partial charge in [0.25, 0.3) is 0 Å². The Kier molecular flexibility index (Phi) is 5.24. The van der Waals surface area contributed by atoms with Crippen LogP contribution >= 0.6 is 0 Å². The molecule has 1 aromatic carbocycles. The topological polar surface area (TPSA) is 49.6 Å². The van der Waals surface area contributed by atoms with E-state index in [0.29, 0.717) is 6.04 Å². The highest BCUT2D eigenvalue weighted by molar-refractivity contribution is 5.85. The number of likely N-dealkylation sites (N-methyl/N-ethyl adjacent to an activating group) is 1. The van der Waals surface area contributed by atoms with Gasteiger partial charge in [0.1, 0.15) is 0 Å². The fourth-order valence-electron chi connectivity index (χ4n) is 3.22. The summed E-state index contributed by atoms with van der Waals surface area (Å²) >= 11 is 0. The van der Waals surface area contributed by atoms with E-state index in [4.69, 9.17) is 5.73 Å². The van der Waals surface area contributed by atoms with Crippen molar-refractivity contribution in [2.75, 3.05) is 13.6 Å². The highest BCUT2D eigenvalue weighted by atomic mass is 16.2. The number of hydrogen-bond donors (Lipinski definition) is 1. The van der Waals surface area contributed by atoms with Crippen LogP contribution in [0.4, 0.5) is 0 Å². The number of hydrogen-bond acceptors (Lipinski definition) is 3. The molecule has 1 aliphatic rings. The molecule has 0 unspecified atom stereocenters. The Balaban J connectivity index is 1.94. The number of carbonyl (C=O) groups is 1. The first-order chi connectivity index (χ1) is 10.3. The molecule has 122 valence electrons. The quantitative estimate of drug-likeness (QED) is 0.928. The van der Waals surface area contributed by atoms with Crippen LogP contribution in [0.1, 0.15) is 39.2 Å². The lowest BCUT2D eigenvalue weighted by Crippen LogP contribution is -2.56. The van der Waals surface area contributed by atoms with Crippen LogP contribution in [0.5, 0.6) is 0 Å². The van der Waals surface area contributed by atoms with Gasteiger partial charge in [-0.2, -0.15) is 0 Å². The minimum Gasteiger partial charge on any atom is -0.341 e. The lowest BCUT2D eigenvalue weighted by atomic mass is 9.94. The van der Waals surface area contributed by atoms with Crippen LogP contribution < -0.4 is 5.73 Å². The van der Waals surface area contributed by atoms with E-state index in [1.54, 1.807) is 13.8 Å². The Bertz CT molecular complexity index is 495. The van der Waals surface area contributed by atoms with Gasteiger partial charge in [-0.3, -0.25) is 9.69 Å². The van der Waals surface area contributed by atoms with Crippen molar-refractivity contribution in [1.82, 2.24) is 9.80 Å². The van der Waals surface area contributed by atoms with Gasteiger partial charge in [-0.05, 0) is 39.2 Å². The number of piperidine rings is 1. The molecule has 4 heteroatoms. The fraction of sp³-hybridized carbons (Fsp3) is 0.611. The van der Waals surface area contributed by atoms with E-state index in [0.717, 1.165) is 25.9 Å². The second kappa shape index (κ2) is 6.80. The molecule has 1 aliphatic heterocycles. The maximum Gasteiger partial charge on any atom is 0.242 e. The zero-order valence-electron chi connectivity index (χ0n) is 14.2. The maximum absolute atomic E-state index is 12.3. The van der Waals surface area contributed by atoms with Crippen LogP contribution in [0, 0.1) is 0 Å². The van der Waals surface area contributed by atoms with Gasteiger partial charge in [-0.15, -0.1) is 0 Å². The van der Waals surface area contributed by atoms with Crippen LogP contribution in [0.2, 0.25) is 0 Å². The standard InChI is InChI=1S/C18H29N3O/c1-14-12-16(20(4)17(22)18(2,3)19)10-11-21(14)13-15-8-6-5-7-9-15/h5-9,14,16H,10-13,19H2,1-4H3/t14-,16+/m0/s1. The predicted molar refractivity (Wildman–Crippen MR) is 90.4 cm³/mol. The molecule has 1 fully saturated rings. The minimum absolute atomic E-state index is 0.0289. The molecular weight excluding hydrogens is 274 g/mol. The molecule has 4 nitrogen and oxygen atoms in total. The lowest BCUT2D eigenvalue weighted by molar-refractivity contribution is -0.137. The van der Waals surface area contributed by atoms with Crippen molar-refractivity contribution in [3.05, 3.63) is 35.9 Å². The van der Waals surface area contributed by atoms with Crippen LogP contribution in [0.3, 0.4) is 0 Å². The Morgan fingerprint density at radius 3 is 2.55 bits per heavy atom. The highest BCUT2D eigenvalue weighted by Gasteiger charge is 2.34. The van der Waals surface area contributed by atoms with E-state index in [1.807, 2.05) is 18.0 Å². The number of rotatable bonds is 4. The molecule has 2 atom stereocenters. The first kappa shape index (κ1) is 17.0. The average molecular weight is 303 g/mol. The zero-order chi connectivity index (χ0) is 16.3. The van der Waals surface area contributed by atoms with Crippen LogP contribution in [0.25, 0.3) is 0 Å². The third-order valence-electron chi connectivity index (χ3n) is 4.63. The van der Waals surface area contributed by atoms with Gasteiger partial charge in [0.2, 0.25) is 5.91 Å². The summed E-state index contributed by atoms with van der Waals surface area (Å²) < 4.78 is 0. The van der Waals surface area contributed by atoms with Gasteiger partial charge in [0.05, 0.1) is 5.54 Å². The first-order valence-corrected chi connectivity index (χ1v) is 8.13. The molecule has 0 saturated carbocycles. The zero-order valence-corrected chi connectivity index (χ0v) is 14.2. The molecule has 1 aromatic rings. The van der Waals surface area contributed by atoms with E-state index >= 15 is 0 Å². The summed E-state index contributed by atoms with van der Waals surface area (Å²) in [6.45, 7) is 7.80. The van der Waals surface area contributed by atoms with E-state index in [9.17, 15) is 4.79 Å². The molecule has 1 saturated heterocycles. The smallest absolute Gasteiger partial charge is 0.242 e. The third-order valence-corrected chi connectivity index (χ3v) is 4.63. The molecule has 1 amide bonds. The summed E-state index contributed by atoms with van der Waals surface area (Å²) in [6.07, 6.45) is 2.01. The Labute approximate surface area is 134 Å². The first-order valence-electron chi connectivity index (χ1n) is 8.13. The molecule has 2 N–H and O–H groups in total. The monoisotopic (exact) mass is 303 g/mol. The fourth-order valence-corrected chi connectivity index (χ4v) is 3.22. The average Bonchev–Trinajstić information content (AvgIpc) is 2.48. The van der Waals surface area contributed by atoms with Crippen LogP contribution in [-0.2, 0) is 11.3 Å². The highest BCUT2D eigenvalue weighted by Crippen LogP contribution is 2.24. The Morgan fingerprint density at radius 2 is 2.00 bits per heavy atom. The number of benzene rings is 1. The van der Waals surface area contributed by atoms with Gasteiger partial charge in [-0.25, -0.2) is 0 Å². The van der Waals surface area contributed by atoms with Gasteiger partial charge < -0.3 is 10.6 Å². The Hall–Kier alpha value is -1.39. The van der Waals surface area contributed by atoms with Crippen molar-refractivity contribution in [2.24, 2.45) is 5.73 Å². The van der Waals surface area contributed by atoms with Gasteiger partial charge >= 0.3 is 0 Å². The van der Waals surface area contributed by atoms with Crippen molar-refractivity contribution >= 4 is 5.91 Å².